The Bertz CT molecular complexity index is 1190. The summed E-state index contributed by atoms with van der Waals surface area (Å²) in [5.41, 5.74) is -0.450. The molecule has 0 aliphatic heterocycles. The molecule has 0 aliphatic rings. The first-order chi connectivity index (χ1) is 15.4. The predicted molar refractivity (Wildman–Crippen MR) is 110 cm³/mol. The fraction of sp³-hybridized carbons (Fsp3) is 0.273. The Morgan fingerprint density at radius 1 is 0.909 bits per heavy atom. The Hall–Kier alpha value is -3.08. The highest BCUT2D eigenvalue weighted by Crippen LogP contribution is 2.43. The lowest BCUT2D eigenvalue weighted by Crippen LogP contribution is -2.25. The van der Waals surface area contributed by atoms with E-state index in [0.717, 1.165) is 0 Å². The van der Waals surface area contributed by atoms with E-state index in [9.17, 15) is 26.7 Å². The van der Waals surface area contributed by atoms with Crippen molar-refractivity contribution in [3.8, 4) is 11.6 Å². The smallest absolute Gasteiger partial charge is 0.344 e. The first-order valence-electron chi connectivity index (χ1n) is 9.52. The SMILES string of the molecule is COc1ccc(C(=O)Oc2c(Sc3c(F)c(F)c(F)c(F)c3F)c(C)nn2C(C)(C)C)cc1. The van der Waals surface area contributed by atoms with E-state index >= 15 is 0 Å². The van der Waals surface area contributed by atoms with Crippen LogP contribution in [0.5, 0.6) is 11.6 Å². The number of ether oxygens (including phenoxy) is 2. The quantitative estimate of drug-likeness (QED) is 0.191. The summed E-state index contributed by atoms with van der Waals surface area (Å²) in [6.45, 7) is 6.66. The fourth-order valence-corrected chi connectivity index (χ4v) is 3.77. The van der Waals surface area contributed by atoms with Crippen LogP contribution in [0.1, 0.15) is 36.8 Å². The van der Waals surface area contributed by atoms with Crippen molar-refractivity contribution in [1.82, 2.24) is 9.78 Å². The Kier molecular flexibility index (Phi) is 6.73. The van der Waals surface area contributed by atoms with Gasteiger partial charge in [0.1, 0.15) is 5.75 Å². The normalized spacial score (nSPS) is 11.6. The number of halogens is 5. The first kappa shape index (κ1) is 24.6. The zero-order chi connectivity index (χ0) is 24.7. The van der Waals surface area contributed by atoms with E-state index in [1.165, 1.54) is 43.0 Å². The van der Waals surface area contributed by atoms with Crippen LogP contribution in [0, 0.1) is 36.0 Å². The largest absolute Gasteiger partial charge is 0.497 e. The van der Waals surface area contributed by atoms with Gasteiger partial charge in [-0.3, -0.25) is 0 Å². The number of hydrogen-bond acceptors (Lipinski definition) is 5. The lowest BCUT2D eigenvalue weighted by molar-refractivity contribution is 0.0704. The summed E-state index contributed by atoms with van der Waals surface area (Å²) in [5.74, 6) is -10.9. The molecule has 1 aromatic heterocycles. The Morgan fingerprint density at radius 2 is 1.42 bits per heavy atom. The third-order valence-corrected chi connectivity index (χ3v) is 5.73. The minimum atomic E-state index is -2.26. The van der Waals surface area contributed by atoms with Gasteiger partial charge in [-0.25, -0.2) is 31.4 Å². The van der Waals surface area contributed by atoms with E-state index < -0.39 is 45.5 Å². The summed E-state index contributed by atoms with van der Waals surface area (Å²) in [5, 5.41) is 4.27. The van der Waals surface area contributed by atoms with Crippen molar-refractivity contribution in [3.63, 3.8) is 0 Å². The van der Waals surface area contributed by atoms with E-state index in [0.29, 0.717) is 5.75 Å². The van der Waals surface area contributed by atoms with Gasteiger partial charge in [-0.05, 0) is 52.0 Å². The molecule has 0 N–H and O–H groups in total. The molecule has 3 rings (SSSR count). The summed E-state index contributed by atoms with van der Waals surface area (Å²) in [6.07, 6.45) is 0. The number of aromatic nitrogens is 2. The third kappa shape index (κ3) is 4.68. The van der Waals surface area contributed by atoms with Gasteiger partial charge in [-0.15, -0.1) is 0 Å². The van der Waals surface area contributed by atoms with Gasteiger partial charge in [0.25, 0.3) is 0 Å². The average molecular weight is 486 g/mol. The van der Waals surface area contributed by atoms with Crippen LogP contribution < -0.4 is 9.47 Å². The number of methoxy groups -OCH3 is 1. The monoisotopic (exact) mass is 486 g/mol. The van der Waals surface area contributed by atoms with Crippen molar-refractivity contribution >= 4 is 17.7 Å². The molecule has 1 heterocycles. The molecule has 0 bridgehead atoms. The molecule has 0 amide bonds. The number of hydrogen-bond donors (Lipinski definition) is 0. The van der Waals surface area contributed by atoms with Gasteiger partial charge in [0.15, 0.2) is 23.3 Å². The standard InChI is InChI=1S/C22H19F5N2O3S/c1-10-18(33-19-16(26)14(24)13(23)15(25)17(19)27)20(29(28-10)22(2,3)4)32-21(30)11-6-8-12(31-5)9-7-11/h6-9H,1-5H3. The van der Waals surface area contributed by atoms with Gasteiger partial charge in [0, 0.05) is 0 Å². The van der Waals surface area contributed by atoms with Crippen LogP contribution >= 0.6 is 11.8 Å². The Labute approximate surface area is 190 Å². The van der Waals surface area contributed by atoms with Gasteiger partial charge in [-0.2, -0.15) is 5.10 Å². The second-order valence-electron chi connectivity index (χ2n) is 7.92. The minimum Gasteiger partial charge on any atom is -0.497 e. The molecule has 2 aromatic carbocycles. The molecular formula is C22H19F5N2O3S. The fourth-order valence-electron chi connectivity index (χ4n) is 2.80. The Balaban J connectivity index is 2.10. The molecule has 0 spiro atoms. The molecular weight excluding hydrogens is 467 g/mol. The molecule has 11 heteroatoms. The van der Waals surface area contributed by atoms with Crippen molar-refractivity contribution in [2.75, 3.05) is 7.11 Å². The maximum Gasteiger partial charge on any atom is 0.344 e. The average Bonchev–Trinajstić information content (AvgIpc) is 3.09. The lowest BCUT2D eigenvalue weighted by atomic mass is 10.1. The second-order valence-corrected chi connectivity index (χ2v) is 8.94. The number of nitrogens with zero attached hydrogens (tertiary/aromatic N) is 2. The minimum absolute atomic E-state index is 0.0741. The topological polar surface area (TPSA) is 53.4 Å². The van der Waals surface area contributed by atoms with E-state index in [1.54, 1.807) is 20.8 Å². The second kappa shape index (κ2) is 9.05. The van der Waals surface area contributed by atoms with Gasteiger partial charge < -0.3 is 9.47 Å². The first-order valence-corrected chi connectivity index (χ1v) is 10.3. The van der Waals surface area contributed by atoms with Gasteiger partial charge >= 0.3 is 5.97 Å². The molecule has 0 aliphatic carbocycles. The maximum atomic E-state index is 14.3. The molecule has 0 unspecified atom stereocenters. The van der Waals surface area contributed by atoms with Gasteiger partial charge in [0.05, 0.1) is 33.7 Å². The lowest BCUT2D eigenvalue weighted by Gasteiger charge is -2.22. The molecule has 5 nitrogen and oxygen atoms in total. The molecule has 0 atom stereocenters. The predicted octanol–water partition coefficient (Wildman–Crippen LogP) is 6.02. The summed E-state index contributed by atoms with van der Waals surface area (Å²) >= 11 is 0.234. The van der Waals surface area contributed by atoms with E-state index in [-0.39, 0.29) is 33.8 Å². The van der Waals surface area contributed by atoms with Crippen LogP contribution in [0.3, 0.4) is 0 Å². The number of rotatable bonds is 5. The van der Waals surface area contributed by atoms with E-state index in [4.69, 9.17) is 9.47 Å². The number of esters is 1. The number of carbonyl (C=O) groups is 1. The summed E-state index contributed by atoms with van der Waals surface area (Å²) < 4.78 is 81.3. The van der Waals surface area contributed by atoms with Crippen LogP contribution in [-0.2, 0) is 5.54 Å². The van der Waals surface area contributed by atoms with Crippen molar-refractivity contribution < 1.29 is 36.2 Å². The zero-order valence-corrected chi connectivity index (χ0v) is 19.0. The number of aryl methyl sites for hydroxylation is 1. The number of benzene rings is 2. The van der Waals surface area contributed by atoms with Crippen LogP contribution in [0.2, 0.25) is 0 Å². The molecule has 0 saturated heterocycles. The van der Waals surface area contributed by atoms with Crippen LogP contribution in [0.4, 0.5) is 22.0 Å². The molecule has 33 heavy (non-hydrogen) atoms. The van der Waals surface area contributed by atoms with E-state index in [1.807, 2.05) is 0 Å². The molecule has 0 fully saturated rings. The molecule has 3 aromatic rings. The summed E-state index contributed by atoms with van der Waals surface area (Å²) in [6, 6.07) is 5.96. The van der Waals surface area contributed by atoms with Crippen LogP contribution in [0.15, 0.2) is 34.1 Å². The van der Waals surface area contributed by atoms with Crippen molar-refractivity contribution in [2.45, 2.75) is 43.0 Å². The molecule has 0 saturated carbocycles. The van der Waals surface area contributed by atoms with E-state index in [2.05, 4.69) is 5.10 Å². The number of carbonyl (C=O) groups excluding carboxylic acids is 1. The zero-order valence-electron chi connectivity index (χ0n) is 18.2. The highest BCUT2D eigenvalue weighted by atomic mass is 32.2. The van der Waals surface area contributed by atoms with Gasteiger partial charge in [-0.1, -0.05) is 11.8 Å². The van der Waals surface area contributed by atoms with Crippen molar-refractivity contribution in [3.05, 3.63) is 64.6 Å². The van der Waals surface area contributed by atoms with Crippen LogP contribution in [-0.4, -0.2) is 22.9 Å². The highest BCUT2D eigenvalue weighted by molar-refractivity contribution is 7.99. The summed E-state index contributed by atoms with van der Waals surface area (Å²) in [7, 11) is 1.46. The molecule has 0 radical (unpaired) electrons. The van der Waals surface area contributed by atoms with Gasteiger partial charge in [0.2, 0.25) is 11.7 Å². The Morgan fingerprint density at radius 3 is 1.91 bits per heavy atom. The highest BCUT2D eigenvalue weighted by Gasteiger charge is 2.32. The van der Waals surface area contributed by atoms with Crippen molar-refractivity contribution in [1.29, 1.82) is 0 Å². The summed E-state index contributed by atoms with van der Waals surface area (Å²) in [4.78, 5) is 11.6. The van der Waals surface area contributed by atoms with Crippen molar-refractivity contribution in [2.24, 2.45) is 0 Å². The molecule has 176 valence electrons. The maximum absolute atomic E-state index is 14.3. The third-order valence-electron chi connectivity index (χ3n) is 4.49. The van der Waals surface area contributed by atoms with Crippen LogP contribution in [0.25, 0.3) is 0 Å².